The van der Waals surface area contributed by atoms with Gasteiger partial charge in [-0.1, -0.05) is 42.5 Å². The highest BCUT2D eigenvalue weighted by Crippen LogP contribution is 2.16. The number of hydrogen-bond acceptors (Lipinski definition) is 4. The van der Waals surface area contributed by atoms with Crippen molar-refractivity contribution in [3.05, 3.63) is 90.5 Å². The van der Waals surface area contributed by atoms with Gasteiger partial charge in [0.2, 0.25) is 5.91 Å². The molecule has 7 nitrogen and oxygen atoms in total. The summed E-state index contributed by atoms with van der Waals surface area (Å²) in [5.74, 6) is -0.469. The fourth-order valence-electron chi connectivity index (χ4n) is 2.57. The van der Waals surface area contributed by atoms with Gasteiger partial charge < -0.3 is 20.7 Å². The Morgan fingerprint density at radius 1 is 0.700 bits per heavy atom. The van der Waals surface area contributed by atoms with Crippen LogP contribution >= 0.6 is 0 Å². The summed E-state index contributed by atoms with van der Waals surface area (Å²) in [6, 6.07) is 24.5. The van der Waals surface area contributed by atoms with Crippen molar-refractivity contribution in [3.63, 3.8) is 0 Å². The summed E-state index contributed by atoms with van der Waals surface area (Å²) in [5, 5.41) is 7.95. The first-order chi connectivity index (χ1) is 14.6. The molecule has 3 aromatic rings. The van der Waals surface area contributed by atoms with Gasteiger partial charge in [0.1, 0.15) is 5.75 Å². The fraction of sp³-hybridized carbons (Fsp3) is 0.0870. The van der Waals surface area contributed by atoms with E-state index >= 15 is 0 Å². The molecule has 0 radical (unpaired) electrons. The van der Waals surface area contributed by atoms with Crippen LogP contribution in [0.15, 0.2) is 84.9 Å². The minimum absolute atomic E-state index is 0.182. The molecule has 0 fully saturated rings. The zero-order valence-electron chi connectivity index (χ0n) is 16.1. The molecule has 0 spiro atoms. The second kappa shape index (κ2) is 10.4. The second-order valence-electron chi connectivity index (χ2n) is 6.33. The van der Waals surface area contributed by atoms with Crippen molar-refractivity contribution in [2.45, 2.75) is 0 Å². The standard InChI is InChI=1S/C23H21N3O4/c27-21(15-24-22(28)16-30-20-12-5-2-6-13-20)25-18-10-7-11-19(14-18)26-23(29)17-8-3-1-4-9-17/h1-14H,15-16H2,(H,24,28)(H,25,27)(H,26,29). The lowest BCUT2D eigenvalue weighted by Gasteiger charge is -2.10. The van der Waals surface area contributed by atoms with Gasteiger partial charge in [0.15, 0.2) is 6.61 Å². The molecule has 3 rings (SSSR count). The zero-order chi connectivity index (χ0) is 21.2. The Balaban J connectivity index is 1.45. The Bertz CT molecular complexity index is 1010. The van der Waals surface area contributed by atoms with E-state index in [0.717, 1.165) is 0 Å². The van der Waals surface area contributed by atoms with Gasteiger partial charge in [-0.3, -0.25) is 14.4 Å². The molecular formula is C23H21N3O4. The molecule has 0 saturated carbocycles. The molecule has 0 saturated heterocycles. The van der Waals surface area contributed by atoms with Gasteiger partial charge in [-0.2, -0.15) is 0 Å². The summed E-state index contributed by atoms with van der Waals surface area (Å²) in [6.45, 7) is -0.379. The van der Waals surface area contributed by atoms with Crippen molar-refractivity contribution in [2.75, 3.05) is 23.8 Å². The monoisotopic (exact) mass is 403 g/mol. The summed E-state index contributed by atoms with van der Waals surface area (Å²) >= 11 is 0. The molecule has 30 heavy (non-hydrogen) atoms. The van der Waals surface area contributed by atoms with E-state index in [1.54, 1.807) is 72.8 Å². The molecule has 152 valence electrons. The van der Waals surface area contributed by atoms with Gasteiger partial charge >= 0.3 is 0 Å². The Kier molecular flexibility index (Phi) is 7.16. The van der Waals surface area contributed by atoms with Crippen LogP contribution in [0, 0.1) is 0 Å². The number of carbonyl (C=O) groups excluding carboxylic acids is 3. The Labute approximate surface area is 174 Å². The highest BCUT2D eigenvalue weighted by Gasteiger charge is 2.09. The zero-order valence-corrected chi connectivity index (χ0v) is 16.1. The number of ether oxygens (including phenoxy) is 1. The van der Waals surface area contributed by atoms with Gasteiger partial charge in [0.25, 0.3) is 11.8 Å². The quantitative estimate of drug-likeness (QED) is 0.539. The van der Waals surface area contributed by atoms with Crippen LogP contribution in [0.2, 0.25) is 0 Å². The van der Waals surface area contributed by atoms with Crippen molar-refractivity contribution < 1.29 is 19.1 Å². The SMILES string of the molecule is O=C(COc1ccccc1)NCC(=O)Nc1cccc(NC(=O)c2ccccc2)c1. The van der Waals surface area contributed by atoms with E-state index in [-0.39, 0.29) is 19.1 Å². The molecule has 7 heteroatoms. The highest BCUT2D eigenvalue weighted by molar-refractivity contribution is 6.04. The van der Waals surface area contributed by atoms with Gasteiger partial charge in [0.05, 0.1) is 6.54 Å². The normalized spacial score (nSPS) is 10.0. The van der Waals surface area contributed by atoms with Crippen molar-refractivity contribution in [3.8, 4) is 5.75 Å². The lowest BCUT2D eigenvalue weighted by molar-refractivity contribution is -0.125. The molecule has 0 aliphatic rings. The average Bonchev–Trinajstić information content (AvgIpc) is 2.78. The number of anilines is 2. The number of amides is 3. The first-order valence-electron chi connectivity index (χ1n) is 9.31. The molecule has 3 N–H and O–H groups in total. The number of carbonyl (C=O) groups is 3. The maximum Gasteiger partial charge on any atom is 0.258 e. The van der Waals surface area contributed by atoms with Gasteiger partial charge in [-0.05, 0) is 42.5 Å². The molecule has 0 bridgehead atoms. The van der Waals surface area contributed by atoms with Crippen LogP contribution in [0.3, 0.4) is 0 Å². The van der Waals surface area contributed by atoms with E-state index in [9.17, 15) is 14.4 Å². The molecule has 0 atom stereocenters. The third-order valence-corrected chi connectivity index (χ3v) is 4.00. The van der Waals surface area contributed by atoms with Crippen LogP contribution in [0.4, 0.5) is 11.4 Å². The summed E-state index contributed by atoms with van der Waals surface area (Å²) in [5.41, 5.74) is 1.58. The number of rotatable bonds is 8. The van der Waals surface area contributed by atoms with Crippen LogP contribution in [0.1, 0.15) is 10.4 Å². The lowest BCUT2D eigenvalue weighted by atomic mass is 10.2. The molecular weight excluding hydrogens is 382 g/mol. The average molecular weight is 403 g/mol. The largest absolute Gasteiger partial charge is 0.484 e. The minimum atomic E-state index is -0.405. The Hall–Kier alpha value is -4.13. The molecule has 0 heterocycles. The van der Waals surface area contributed by atoms with E-state index in [1.807, 2.05) is 12.1 Å². The summed E-state index contributed by atoms with van der Waals surface area (Å²) < 4.78 is 5.32. The predicted octanol–water partition coefficient (Wildman–Crippen LogP) is 3.07. The van der Waals surface area contributed by atoms with Gasteiger partial charge in [-0.25, -0.2) is 0 Å². The van der Waals surface area contributed by atoms with Crippen molar-refractivity contribution >= 4 is 29.1 Å². The third-order valence-electron chi connectivity index (χ3n) is 4.00. The first-order valence-corrected chi connectivity index (χ1v) is 9.31. The summed E-state index contributed by atoms with van der Waals surface area (Å²) in [4.78, 5) is 36.1. The van der Waals surface area contributed by atoms with Crippen molar-refractivity contribution in [1.29, 1.82) is 0 Å². The molecule has 3 amide bonds. The highest BCUT2D eigenvalue weighted by atomic mass is 16.5. The molecule has 0 aliphatic carbocycles. The number of nitrogens with one attached hydrogen (secondary N) is 3. The summed E-state index contributed by atoms with van der Waals surface area (Å²) in [6.07, 6.45) is 0. The second-order valence-corrected chi connectivity index (χ2v) is 6.33. The summed E-state index contributed by atoms with van der Waals surface area (Å²) in [7, 11) is 0. The molecule has 0 unspecified atom stereocenters. The molecule has 0 aromatic heterocycles. The third kappa shape index (κ3) is 6.49. The fourth-order valence-corrected chi connectivity index (χ4v) is 2.57. The predicted molar refractivity (Wildman–Crippen MR) is 114 cm³/mol. The van der Waals surface area contributed by atoms with E-state index in [4.69, 9.17) is 4.74 Å². The molecule has 3 aromatic carbocycles. The smallest absolute Gasteiger partial charge is 0.258 e. The number of para-hydroxylation sites is 1. The van der Waals surface area contributed by atoms with Crippen LogP contribution in [-0.2, 0) is 9.59 Å². The first kappa shape index (κ1) is 20.6. The Morgan fingerprint density at radius 2 is 1.33 bits per heavy atom. The van der Waals surface area contributed by atoms with Crippen molar-refractivity contribution in [2.24, 2.45) is 0 Å². The number of hydrogen-bond donors (Lipinski definition) is 3. The maximum atomic E-state index is 12.2. The van der Waals surface area contributed by atoms with Crippen molar-refractivity contribution in [1.82, 2.24) is 5.32 Å². The van der Waals surface area contributed by atoms with E-state index in [1.165, 1.54) is 0 Å². The van der Waals surface area contributed by atoms with E-state index < -0.39 is 11.8 Å². The topological polar surface area (TPSA) is 96.5 Å². The molecule has 0 aliphatic heterocycles. The Morgan fingerprint density at radius 3 is 2.03 bits per heavy atom. The number of benzene rings is 3. The van der Waals surface area contributed by atoms with E-state index in [2.05, 4.69) is 16.0 Å². The van der Waals surface area contributed by atoms with Crippen LogP contribution in [-0.4, -0.2) is 30.9 Å². The van der Waals surface area contributed by atoms with E-state index in [0.29, 0.717) is 22.7 Å². The van der Waals surface area contributed by atoms with Crippen LogP contribution in [0.5, 0.6) is 5.75 Å². The lowest BCUT2D eigenvalue weighted by Crippen LogP contribution is -2.35. The minimum Gasteiger partial charge on any atom is -0.484 e. The maximum absolute atomic E-state index is 12.2. The van der Waals surface area contributed by atoms with Gasteiger partial charge in [-0.15, -0.1) is 0 Å². The van der Waals surface area contributed by atoms with Crippen LogP contribution < -0.4 is 20.7 Å². The van der Waals surface area contributed by atoms with Crippen LogP contribution in [0.25, 0.3) is 0 Å². The van der Waals surface area contributed by atoms with Gasteiger partial charge in [0, 0.05) is 16.9 Å².